The van der Waals surface area contributed by atoms with Crippen molar-refractivity contribution < 1.29 is 28.3 Å². The molecule has 2 heterocycles. The fourth-order valence-corrected chi connectivity index (χ4v) is 3.42. The van der Waals surface area contributed by atoms with E-state index in [9.17, 15) is 4.79 Å². The van der Waals surface area contributed by atoms with Gasteiger partial charge < -0.3 is 23.5 Å². The van der Waals surface area contributed by atoms with Gasteiger partial charge >= 0.3 is 13.1 Å². The Kier molecular flexibility index (Phi) is 6.37. The minimum absolute atomic E-state index is 0.00829. The zero-order chi connectivity index (χ0) is 24.5. The molecule has 0 N–H and O–H groups in total. The molecule has 2 aromatic carbocycles. The molecule has 1 aliphatic rings. The number of carbonyl (C=O) groups excluding carboxylic acids is 1. The van der Waals surface area contributed by atoms with Crippen LogP contribution in [0.1, 0.15) is 43.7 Å². The van der Waals surface area contributed by atoms with Crippen molar-refractivity contribution in [3.8, 4) is 17.4 Å². The predicted octanol–water partition coefficient (Wildman–Crippen LogP) is 3.21. The van der Waals surface area contributed by atoms with E-state index in [1.807, 2.05) is 64.1 Å². The quantitative estimate of drug-likeness (QED) is 0.388. The normalized spacial score (nSPS) is 16.4. The molecule has 1 fully saturated rings. The van der Waals surface area contributed by atoms with Gasteiger partial charge in [0.15, 0.2) is 0 Å². The van der Waals surface area contributed by atoms with Gasteiger partial charge in [0.05, 0.1) is 32.0 Å². The van der Waals surface area contributed by atoms with Gasteiger partial charge in [-0.1, -0.05) is 29.5 Å². The molecule has 1 saturated heterocycles. The van der Waals surface area contributed by atoms with E-state index in [1.54, 1.807) is 19.2 Å². The summed E-state index contributed by atoms with van der Waals surface area (Å²) in [7, 11) is 2.42. The summed E-state index contributed by atoms with van der Waals surface area (Å²) in [5.74, 6) is 0.802. The van der Waals surface area contributed by atoms with E-state index in [2.05, 4.69) is 10.3 Å². The van der Waals surface area contributed by atoms with Gasteiger partial charge in [0.25, 0.3) is 5.88 Å². The molecule has 0 bridgehead atoms. The number of nitrogens with zero attached hydrogens (tertiary/aromatic N) is 3. The maximum atomic E-state index is 12.3. The van der Waals surface area contributed by atoms with Crippen molar-refractivity contribution in [3.63, 3.8) is 0 Å². The molecule has 9 nitrogen and oxygen atoms in total. The number of hydrogen-bond acceptors (Lipinski definition) is 8. The minimum Gasteiger partial charge on any atom is -0.497 e. The first-order valence-corrected chi connectivity index (χ1v) is 10.9. The Balaban J connectivity index is 1.56. The van der Waals surface area contributed by atoms with Gasteiger partial charge in [0.1, 0.15) is 11.5 Å². The molecule has 4 rings (SSSR count). The van der Waals surface area contributed by atoms with Gasteiger partial charge in [-0.2, -0.15) is 0 Å². The molecule has 34 heavy (non-hydrogen) atoms. The van der Waals surface area contributed by atoms with Crippen molar-refractivity contribution in [2.45, 2.75) is 45.4 Å². The molecule has 10 heteroatoms. The molecule has 0 spiro atoms. The first kappa shape index (κ1) is 23.8. The van der Waals surface area contributed by atoms with Crippen LogP contribution in [0.2, 0.25) is 0 Å². The van der Waals surface area contributed by atoms with Crippen molar-refractivity contribution in [2.24, 2.45) is 0 Å². The number of carbonyl (C=O) groups is 1. The van der Waals surface area contributed by atoms with E-state index >= 15 is 0 Å². The molecule has 3 aromatic rings. The van der Waals surface area contributed by atoms with Gasteiger partial charge in [-0.15, -0.1) is 5.10 Å². The maximum absolute atomic E-state index is 12.3. The van der Waals surface area contributed by atoms with Crippen LogP contribution in [0.15, 0.2) is 48.5 Å². The van der Waals surface area contributed by atoms with Crippen LogP contribution in [0.3, 0.4) is 0 Å². The van der Waals surface area contributed by atoms with Crippen LogP contribution in [0, 0.1) is 0 Å². The van der Waals surface area contributed by atoms with E-state index < -0.39 is 24.3 Å². The summed E-state index contributed by atoms with van der Waals surface area (Å²) in [5.41, 5.74) is 0.933. The summed E-state index contributed by atoms with van der Waals surface area (Å²) in [6.07, 6.45) is 0. The lowest BCUT2D eigenvalue weighted by atomic mass is 9.79. The third kappa shape index (κ3) is 4.64. The second-order valence-corrected chi connectivity index (χ2v) is 9.00. The van der Waals surface area contributed by atoms with Crippen molar-refractivity contribution in [1.82, 2.24) is 15.0 Å². The third-order valence-corrected chi connectivity index (χ3v) is 6.18. The Hall–Kier alpha value is -3.37. The van der Waals surface area contributed by atoms with E-state index in [1.165, 1.54) is 11.8 Å². The molecule has 178 valence electrons. The molecular weight excluding hydrogens is 437 g/mol. The average molecular weight is 465 g/mol. The van der Waals surface area contributed by atoms with E-state index in [4.69, 9.17) is 23.5 Å². The largest absolute Gasteiger partial charge is 0.497 e. The Morgan fingerprint density at radius 1 is 0.941 bits per heavy atom. The first-order valence-electron chi connectivity index (χ1n) is 10.9. The summed E-state index contributed by atoms with van der Waals surface area (Å²) in [6.45, 7) is 8.38. The fraction of sp³-hybridized carbons (Fsp3) is 0.375. The number of aromatic nitrogens is 3. The minimum atomic E-state index is -0.634. The monoisotopic (exact) mass is 465 g/mol. The summed E-state index contributed by atoms with van der Waals surface area (Å²) in [4.78, 5) is 12.3. The average Bonchev–Trinajstić information content (AvgIpc) is 3.30. The number of rotatable bonds is 7. The van der Waals surface area contributed by atoms with Crippen molar-refractivity contribution in [1.29, 1.82) is 0 Å². The van der Waals surface area contributed by atoms with E-state index in [-0.39, 0.29) is 11.6 Å². The Bertz CT molecular complexity index is 1140. The van der Waals surface area contributed by atoms with Crippen LogP contribution in [0.5, 0.6) is 17.4 Å². The fourth-order valence-electron chi connectivity index (χ4n) is 3.42. The lowest BCUT2D eigenvalue weighted by Gasteiger charge is -2.32. The third-order valence-electron chi connectivity index (χ3n) is 6.18. The summed E-state index contributed by atoms with van der Waals surface area (Å²) in [6, 6.07) is 14.8. The van der Waals surface area contributed by atoms with E-state index in [0.29, 0.717) is 12.3 Å². The van der Waals surface area contributed by atoms with Crippen LogP contribution >= 0.6 is 0 Å². The van der Waals surface area contributed by atoms with Crippen LogP contribution in [0.4, 0.5) is 0 Å². The molecule has 1 aliphatic heterocycles. The number of benzene rings is 2. The second-order valence-electron chi connectivity index (χ2n) is 9.00. The zero-order valence-electron chi connectivity index (χ0n) is 20.2. The number of esters is 1. The van der Waals surface area contributed by atoms with Gasteiger partial charge in [-0.3, -0.25) is 0 Å². The van der Waals surface area contributed by atoms with Crippen LogP contribution in [0.25, 0.3) is 0 Å². The van der Waals surface area contributed by atoms with Gasteiger partial charge in [0.2, 0.25) is 5.69 Å². The van der Waals surface area contributed by atoms with Crippen LogP contribution < -0.4 is 14.9 Å². The molecule has 0 unspecified atom stereocenters. The standard InChI is InChI=1S/C24H28BN3O6/c1-23(2)24(3,4)34-25(33-23)17-9-13-19(14-10-17)32-21-20(22(29)31-6)26-27-28(21)15-16-7-11-18(30-5)12-8-16/h7-14H,15H2,1-6H3. The second kappa shape index (κ2) is 9.11. The Labute approximate surface area is 199 Å². The number of ether oxygens (including phenoxy) is 3. The molecule has 0 amide bonds. The van der Waals surface area contributed by atoms with Crippen LogP contribution in [-0.2, 0) is 20.6 Å². The molecule has 0 saturated carbocycles. The molecule has 0 atom stereocenters. The summed E-state index contributed by atoms with van der Waals surface area (Å²) >= 11 is 0. The van der Waals surface area contributed by atoms with Crippen molar-refractivity contribution in [3.05, 3.63) is 59.8 Å². The zero-order valence-corrected chi connectivity index (χ0v) is 20.2. The highest BCUT2D eigenvalue weighted by Gasteiger charge is 2.51. The highest BCUT2D eigenvalue weighted by atomic mass is 16.7. The maximum Gasteiger partial charge on any atom is 0.494 e. The molecule has 0 radical (unpaired) electrons. The van der Waals surface area contributed by atoms with Crippen molar-refractivity contribution >= 4 is 18.6 Å². The molecule has 1 aromatic heterocycles. The summed E-state index contributed by atoms with van der Waals surface area (Å²) in [5, 5.41) is 8.08. The number of hydrogen-bond donors (Lipinski definition) is 0. The lowest BCUT2D eigenvalue weighted by Crippen LogP contribution is -2.41. The number of methoxy groups -OCH3 is 2. The SMILES string of the molecule is COC(=O)c1nnn(Cc2ccc(OC)cc2)c1Oc1ccc(B2OC(C)(C)C(C)(C)O2)cc1. The highest BCUT2D eigenvalue weighted by Crippen LogP contribution is 2.36. The molecule has 0 aliphatic carbocycles. The highest BCUT2D eigenvalue weighted by molar-refractivity contribution is 6.62. The van der Waals surface area contributed by atoms with Gasteiger partial charge in [-0.25, -0.2) is 9.48 Å². The van der Waals surface area contributed by atoms with E-state index in [0.717, 1.165) is 16.8 Å². The first-order chi connectivity index (χ1) is 16.1. The Morgan fingerprint density at radius 2 is 1.53 bits per heavy atom. The predicted molar refractivity (Wildman–Crippen MR) is 126 cm³/mol. The summed E-state index contributed by atoms with van der Waals surface area (Å²) < 4.78 is 29.8. The lowest BCUT2D eigenvalue weighted by molar-refractivity contribution is 0.00578. The van der Waals surface area contributed by atoms with Crippen molar-refractivity contribution in [2.75, 3.05) is 14.2 Å². The van der Waals surface area contributed by atoms with Crippen LogP contribution in [-0.4, -0.2) is 53.5 Å². The Morgan fingerprint density at radius 3 is 2.09 bits per heavy atom. The smallest absolute Gasteiger partial charge is 0.494 e. The topological polar surface area (TPSA) is 93.9 Å². The van der Waals surface area contributed by atoms with Gasteiger partial charge in [0, 0.05) is 0 Å². The molecular formula is C24H28BN3O6. The van der Waals surface area contributed by atoms with Gasteiger partial charge in [-0.05, 0) is 63.0 Å².